The number of hydrogen-bond donors (Lipinski definition) is 0. The third-order valence-electron chi connectivity index (χ3n) is 2.98. The van der Waals surface area contributed by atoms with Crippen molar-refractivity contribution in [3.63, 3.8) is 0 Å². The van der Waals surface area contributed by atoms with Gasteiger partial charge in [0, 0.05) is 25.6 Å². The van der Waals surface area contributed by atoms with Crippen LogP contribution in [0.15, 0.2) is 0 Å². The molecule has 1 atom stereocenters. The first kappa shape index (κ1) is 12.7. The molecule has 0 radical (unpaired) electrons. The zero-order valence-electron chi connectivity index (χ0n) is 10.00. The molecule has 1 saturated heterocycles. The van der Waals surface area contributed by atoms with Crippen molar-refractivity contribution in [1.82, 2.24) is 4.90 Å². The zero-order valence-corrected chi connectivity index (χ0v) is 10.00. The number of likely N-dealkylation sites (tertiary alicyclic amines) is 1. The summed E-state index contributed by atoms with van der Waals surface area (Å²) in [7, 11) is 0. The molecule has 15 heavy (non-hydrogen) atoms. The van der Waals surface area contributed by atoms with Gasteiger partial charge in [-0.25, -0.2) is 0 Å². The Bertz CT molecular complexity index is 194. The summed E-state index contributed by atoms with van der Waals surface area (Å²) in [5.74, 6) is 0.610. The number of carbonyl (C=O) groups excluding carboxylic acids is 1. The Morgan fingerprint density at radius 3 is 2.93 bits per heavy atom. The number of rotatable bonds is 6. The van der Waals surface area contributed by atoms with Crippen LogP contribution >= 0.6 is 0 Å². The lowest BCUT2D eigenvalue weighted by molar-refractivity contribution is -0.122. The standard InChI is InChI=1S/C12H23NO2/c1-3-8-15-9-7-13-6-4-5-12(10-13)11(2)14/h12H,3-10H2,1-2H3. The molecular weight excluding hydrogens is 190 g/mol. The lowest BCUT2D eigenvalue weighted by atomic mass is 9.95. The highest BCUT2D eigenvalue weighted by atomic mass is 16.5. The molecule has 0 amide bonds. The molecule has 0 bridgehead atoms. The van der Waals surface area contributed by atoms with E-state index in [2.05, 4.69) is 11.8 Å². The summed E-state index contributed by atoms with van der Waals surface area (Å²) in [4.78, 5) is 13.6. The predicted octanol–water partition coefficient (Wildman–Crippen LogP) is 1.71. The Morgan fingerprint density at radius 1 is 1.47 bits per heavy atom. The van der Waals surface area contributed by atoms with E-state index in [-0.39, 0.29) is 5.92 Å². The average Bonchev–Trinajstić information content (AvgIpc) is 2.25. The Morgan fingerprint density at radius 2 is 2.27 bits per heavy atom. The van der Waals surface area contributed by atoms with Crippen molar-refractivity contribution in [2.45, 2.75) is 33.1 Å². The van der Waals surface area contributed by atoms with Crippen LogP contribution in [0.4, 0.5) is 0 Å². The molecule has 0 aromatic heterocycles. The first-order valence-corrected chi connectivity index (χ1v) is 6.04. The SMILES string of the molecule is CCCOCCN1CCCC(C(C)=O)C1. The van der Waals surface area contributed by atoms with E-state index in [0.717, 1.165) is 52.1 Å². The number of carbonyl (C=O) groups is 1. The second kappa shape index (κ2) is 6.96. The third-order valence-corrected chi connectivity index (χ3v) is 2.98. The summed E-state index contributed by atoms with van der Waals surface area (Å²) in [5, 5.41) is 0. The van der Waals surface area contributed by atoms with E-state index in [1.807, 2.05) is 0 Å². The summed E-state index contributed by atoms with van der Waals surface area (Å²) in [6.45, 7) is 8.52. The fourth-order valence-corrected chi connectivity index (χ4v) is 2.03. The number of ether oxygens (including phenoxy) is 1. The molecule has 1 rings (SSSR count). The lowest BCUT2D eigenvalue weighted by Crippen LogP contribution is -2.39. The van der Waals surface area contributed by atoms with Crippen LogP contribution in [-0.2, 0) is 9.53 Å². The van der Waals surface area contributed by atoms with Crippen molar-refractivity contribution in [2.75, 3.05) is 32.8 Å². The van der Waals surface area contributed by atoms with Gasteiger partial charge in [0.15, 0.2) is 0 Å². The number of hydrogen-bond acceptors (Lipinski definition) is 3. The van der Waals surface area contributed by atoms with E-state index < -0.39 is 0 Å². The minimum atomic E-state index is 0.268. The molecule has 3 heteroatoms. The van der Waals surface area contributed by atoms with E-state index in [4.69, 9.17) is 4.74 Å². The van der Waals surface area contributed by atoms with Gasteiger partial charge in [0.25, 0.3) is 0 Å². The maximum Gasteiger partial charge on any atom is 0.134 e. The van der Waals surface area contributed by atoms with E-state index in [0.29, 0.717) is 5.78 Å². The Labute approximate surface area is 92.8 Å². The molecule has 0 N–H and O–H groups in total. The van der Waals surface area contributed by atoms with Gasteiger partial charge < -0.3 is 9.64 Å². The van der Waals surface area contributed by atoms with Crippen molar-refractivity contribution in [2.24, 2.45) is 5.92 Å². The van der Waals surface area contributed by atoms with Crippen molar-refractivity contribution in [3.05, 3.63) is 0 Å². The second-order valence-electron chi connectivity index (χ2n) is 4.36. The van der Waals surface area contributed by atoms with Gasteiger partial charge in [-0.05, 0) is 32.7 Å². The zero-order chi connectivity index (χ0) is 11.1. The molecule has 1 aliphatic heterocycles. The molecule has 3 nitrogen and oxygen atoms in total. The summed E-state index contributed by atoms with van der Waals surface area (Å²) in [6.07, 6.45) is 3.30. The Balaban J connectivity index is 2.15. The van der Waals surface area contributed by atoms with Crippen molar-refractivity contribution < 1.29 is 9.53 Å². The number of piperidine rings is 1. The highest BCUT2D eigenvalue weighted by molar-refractivity contribution is 5.78. The molecule has 0 aliphatic carbocycles. The van der Waals surface area contributed by atoms with Gasteiger partial charge in [0.2, 0.25) is 0 Å². The Hall–Kier alpha value is -0.410. The smallest absolute Gasteiger partial charge is 0.134 e. The summed E-state index contributed by atoms with van der Waals surface area (Å²) in [5.41, 5.74) is 0. The molecule has 0 aromatic rings. The molecule has 88 valence electrons. The first-order valence-electron chi connectivity index (χ1n) is 6.04. The molecule has 1 fully saturated rings. The van der Waals surface area contributed by atoms with Gasteiger partial charge in [-0.2, -0.15) is 0 Å². The van der Waals surface area contributed by atoms with Crippen LogP contribution in [-0.4, -0.2) is 43.5 Å². The van der Waals surface area contributed by atoms with E-state index in [9.17, 15) is 4.79 Å². The topological polar surface area (TPSA) is 29.5 Å². The van der Waals surface area contributed by atoms with E-state index in [1.54, 1.807) is 6.92 Å². The molecule has 0 aromatic carbocycles. The summed E-state index contributed by atoms with van der Waals surface area (Å²) < 4.78 is 5.45. The lowest BCUT2D eigenvalue weighted by Gasteiger charge is -2.31. The fraction of sp³-hybridized carbons (Fsp3) is 0.917. The highest BCUT2D eigenvalue weighted by Gasteiger charge is 2.22. The minimum Gasteiger partial charge on any atom is -0.380 e. The second-order valence-corrected chi connectivity index (χ2v) is 4.36. The van der Waals surface area contributed by atoms with Crippen LogP contribution in [0, 0.1) is 5.92 Å². The normalized spacial score (nSPS) is 22.9. The maximum absolute atomic E-state index is 11.3. The quantitative estimate of drug-likeness (QED) is 0.629. The van der Waals surface area contributed by atoms with Crippen molar-refractivity contribution in [1.29, 1.82) is 0 Å². The van der Waals surface area contributed by atoms with Crippen LogP contribution < -0.4 is 0 Å². The third kappa shape index (κ3) is 4.76. The van der Waals surface area contributed by atoms with Gasteiger partial charge in [-0.15, -0.1) is 0 Å². The van der Waals surface area contributed by atoms with Crippen LogP contribution in [0.25, 0.3) is 0 Å². The molecular formula is C12H23NO2. The molecule has 1 heterocycles. The number of Topliss-reactive ketones (excluding diaryl/α,β-unsaturated/α-hetero) is 1. The Kier molecular flexibility index (Phi) is 5.88. The maximum atomic E-state index is 11.3. The van der Waals surface area contributed by atoms with Gasteiger partial charge in [0.1, 0.15) is 5.78 Å². The van der Waals surface area contributed by atoms with Gasteiger partial charge >= 0.3 is 0 Å². The summed E-state index contributed by atoms with van der Waals surface area (Å²) in [6, 6.07) is 0. The molecule has 0 spiro atoms. The summed E-state index contributed by atoms with van der Waals surface area (Å²) >= 11 is 0. The number of ketones is 1. The monoisotopic (exact) mass is 213 g/mol. The molecule has 1 aliphatic rings. The molecule has 1 unspecified atom stereocenters. The van der Waals surface area contributed by atoms with Gasteiger partial charge in [-0.3, -0.25) is 4.79 Å². The van der Waals surface area contributed by atoms with E-state index >= 15 is 0 Å². The van der Waals surface area contributed by atoms with Crippen LogP contribution in [0.2, 0.25) is 0 Å². The van der Waals surface area contributed by atoms with Crippen LogP contribution in [0.5, 0.6) is 0 Å². The molecule has 0 saturated carbocycles. The largest absolute Gasteiger partial charge is 0.380 e. The first-order chi connectivity index (χ1) is 7.24. The minimum absolute atomic E-state index is 0.268. The van der Waals surface area contributed by atoms with E-state index in [1.165, 1.54) is 0 Å². The highest BCUT2D eigenvalue weighted by Crippen LogP contribution is 2.16. The van der Waals surface area contributed by atoms with Gasteiger partial charge in [0.05, 0.1) is 6.61 Å². The van der Waals surface area contributed by atoms with Crippen LogP contribution in [0.3, 0.4) is 0 Å². The van der Waals surface area contributed by atoms with Crippen molar-refractivity contribution >= 4 is 5.78 Å². The van der Waals surface area contributed by atoms with Crippen LogP contribution in [0.1, 0.15) is 33.1 Å². The number of nitrogens with zero attached hydrogens (tertiary/aromatic N) is 1. The fourth-order valence-electron chi connectivity index (χ4n) is 2.03. The van der Waals surface area contributed by atoms with Gasteiger partial charge in [-0.1, -0.05) is 6.92 Å². The van der Waals surface area contributed by atoms with Crippen molar-refractivity contribution in [3.8, 4) is 0 Å². The average molecular weight is 213 g/mol. The predicted molar refractivity (Wildman–Crippen MR) is 61.0 cm³/mol.